The smallest absolute Gasteiger partial charge is 0.147 e. The van der Waals surface area contributed by atoms with Crippen molar-refractivity contribution < 1.29 is 24.5 Å². The number of rotatable bonds is 3. The summed E-state index contributed by atoms with van der Waals surface area (Å²) in [5.41, 5.74) is 13.7. The number of fused-ring (bicyclic) bond motifs is 6. The Bertz CT molecular complexity index is 2820. The number of hydrogen-bond acceptors (Lipinski definition) is 4. The van der Waals surface area contributed by atoms with Crippen LogP contribution in [0.3, 0.4) is 0 Å². The Kier molecular flexibility index (Phi) is 9.87. The maximum atomic E-state index is 6.57. The number of aryl methyl sites for hydroxylation is 5. The molecular weight excluding hydrogens is 841 g/mol. The minimum Gasteiger partial charge on any atom is -0.498 e. The number of nitrogens with zero attached hydrogens (tertiary/aromatic N) is 4. The average Bonchev–Trinajstić information content (AvgIpc) is 3.75. The number of aromatic nitrogens is 4. The predicted octanol–water partition coefficient (Wildman–Crippen LogP) is 12.2. The summed E-state index contributed by atoms with van der Waals surface area (Å²) in [4.78, 5) is 13.9. The third kappa shape index (κ3) is 6.88. The minimum absolute atomic E-state index is 0. The normalized spacial score (nSPS) is 11.6. The fraction of sp³-hybridized carbons (Fsp3) is 0.188. The van der Waals surface area contributed by atoms with Gasteiger partial charge in [-0.25, -0.2) is 4.98 Å². The van der Waals surface area contributed by atoms with Gasteiger partial charge in [-0.2, -0.15) is 0 Å². The van der Waals surface area contributed by atoms with Gasteiger partial charge in [0.15, 0.2) is 0 Å². The summed E-state index contributed by atoms with van der Waals surface area (Å²) in [5.74, 6) is 0.958. The molecule has 0 atom stereocenters. The first-order valence-electron chi connectivity index (χ1n) is 18.1. The van der Waals surface area contributed by atoms with Crippen molar-refractivity contribution in [3.05, 3.63) is 150 Å². The van der Waals surface area contributed by atoms with Crippen LogP contribution in [0, 0.1) is 39.8 Å². The van der Waals surface area contributed by atoms with Crippen LogP contribution in [-0.4, -0.2) is 19.5 Å². The summed E-state index contributed by atoms with van der Waals surface area (Å²) in [6, 6.07) is 38.8. The van der Waals surface area contributed by atoms with E-state index in [1.807, 2.05) is 55.2 Å². The van der Waals surface area contributed by atoms with Gasteiger partial charge in [-0.15, -0.1) is 53.6 Å². The number of pyridine rings is 2. The van der Waals surface area contributed by atoms with E-state index in [1.165, 1.54) is 38.6 Å². The molecule has 0 fully saturated rings. The number of furan rings is 1. The minimum atomic E-state index is 0. The second kappa shape index (κ2) is 14.4. The summed E-state index contributed by atoms with van der Waals surface area (Å²) < 4.78 is 8.56. The summed E-state index contributed by atoms with van der Waals surface area (Å²) in [6.07, 6.45) is 5.69. The molecule has 5 aromatic carbocycles. The molecule has 271 valence electrons. The van der Waals surface area contributed by atoms with Gasteiger partial charge in [0.05, 0.1) is 11.4 Å². The van der Waals surface area contributed by atoms with Crippen LogP contribution in [0.4, 0.5) is 0 Å². The van der Waals surface area contributed by atoms with Gasteiger partial charge in [-0.05, 0) is 82.6 Å². The van der Waals surface area contributed by atoms with Crippen molar-refractivity contribution in [3.8, 4) is 33.8 Å². The van der Waals surface area contributed by atoms with E-state index in [1.54, 1.807) is 6.20 Å². The van der Waals surface area contributed by atoms with Gasteiger partial charge in [-0.1, -0.05) is 87.2 Å². The monoisotopic (exact) mass is 883 g/mol. The molecule has 0 aliphatic rings. The van der Waals surface area contributed by atoms with Crippen LogP contribution < -0.4 is 0 Å². The third-order valence-electron chi connectivity index (χ3n) is 10.1. The topological polar surface area (TPSA) is 56.7 Å². The first kappa shape index (κ1) is 36.9. The van der Waals surface area contributed by atoms with Gasteiger partial charge in [0.25, 0.3) is 0 Å². The van der Waals surface area contributed by atoms with Crippen molar-refractivity contribution in [2.45, 2.75) is 53.9 Å². The van der Waals surface area contributed by atoms with Crippen molar-refractivity contribution in [2.24, 2.45) is 7.05 Å². The number of benzene rings is 5. The van der Waals surface area contributed by atoms with E-state index in [0.29, 0.717) is 0 Å². The zero-order valence-corrected chi connectivity index (χ0v) is 34.3. The van der Waals surface area contributed by atoms with E-state index in [4.69, 9.17) is 14.4 Å². The Hall–Kier alpha value is -5.42. The van der Waals surface area contributed by atoms with E-state index in [-0.39, 0.29) is 25.5 Å². The predicted molar refractivity (Wildman–Crippen MR) is 219 cm³/mol. The molecule has 0 unspecified atom stereocenters. The van der Waals surface area contributed by atoms with Crippen LogP contribution in [0.15, 0.2) is 114 Å². The molecule has 54 heavy (non-hydrogen) atoms. The van der Waals surface area contributed by atoms with Crippen LogP contribution in [0.2, 0.25) is 0 Å². The zero-order chi connectivity index (χ0) is 37.0. The Morgan fingerprint density at radius 2 is 1.46 bits per heavy atom. The van der Waals surface area contributed by atoms with Crippen molar-refractivity contribution in [3.63, 3.8) is 0 Å². The summed E-state index contributed by atoms with van der Waals surface area (Å²) in [7, 11) is 1.98. The van der Waals surface area contributed by atoms with Crippen molar-refractivity contribution in [1.82, 2.24) is 19.5 Å². The summed E-state index contributed by atoms with van der Waals surface area (Å²) in [6.45, 7) is 15.2. The van der Waals surface area contributed by atoms with Crippen LogP contribution in [-0.2, 0) is 32.6 Å². The second-order valence-corrected chi connectivity index (χ2v) is 15.2. The molecule has 0 saturated carbocycles. The van der Waals surface area contributed by atoms with Crippen LogP contribution in [0.1, 0.15) is 48.7 Å². The Morgan fingerprint density at radius 3 is 2.20 bits per heavy atom. The Balaban J connectivity index is 0.000000272. The quantitative estimate of drug-likeness (QED) is 0.166. The second-order valence-electron chi connectivity index (χ2n) is 15.2. The fourth-order valence-corrected chi connectivity index (χ4v) is 7.06. The van der Waals surface area contributed by atoms with Gasteiger partial charge in [0.2, 0.25) is 0 Å². The van der Waals surface area contributed by atoms with E-state index < -0.39 is 0 Å². The maximum Gasteiger partial charge on any atom is 0.147 e. The zero-order valence-electron chi connectivity index (χ0n) is 31.9. The Labute approximate surface area is 330 Å². The van der Waals surface area contributed by atoms with Crippen molar-refractivity contribution in [2.75, 3.05) is 0 Å². The number of hydrogen-bond donors (Lipinski definition) is 0. The molecule has 1 radical (unpaired) electrons. The first-order chi connectivity index (χ1) is 25.4. The molecule has 0 spiro atoms. The molecule has 0 saturated heterocycles. The molecule has 6 heteroatoms. The molecule has 9 aromatic rings. The van der Waals surface area contributed by atoms with Gasteiger partial charge in [-0.3, -0.25) is 4.98 Å². The largest absolute Gasteiger partial charge is 0.498 e. The third-order valence-corrected chi connectivity index (χ3v) is 10.1. The Morgan fingerprint density at radius 1 is 0.704 bits per heavy atom. The molecule has 0 aliphatic carbocycles. The fourth-order valence-electron chi connectivity index (χ4n) is 7.06. The summed E-state index contributed by atoms with van der Waals surface area (Å²) in [5, 5.41) is 5.70. The van der Waals surface area contributed by atoms with Crippen molar-refractivity contribution >= 4 is 43.6 Å². The molecular formula is C48H42IrN4O-2. The van der Waals surface area contributed by atoms with E-state index in [9.17, 15) is 0 Å². The van der Waals surface area contributed by atoms with Crippen LogP contribution in [0.25, 0.3) is 77.4 Å². The van der Waals surface area contributed by atoms with E-state index >= 15 is 0 Å². The maximum absolute atomic E-state index is 6.57. The molecule has 0 aliphatic heterocycles. The molecule has 0 bridgehead atoms. The average molecular weight is 883 g/mol. The number of imidazole rings is 1. The van der Waals surface area contributed by atoms with Gasteiger partial charge in [0, 0.05) is 62.2 Å². The van der Waals surface area contributed by atoms with Crippen LogP contribution in [0.5, 0.6) is 0 Å². The first-order valence-corrected chi connectivity index (χ1v) is 18.1. The molecule has 9 rings (SSSR count). The molecule has 5 nitrogen and oxygen atoms in total. The SMILES string of the molecule is Cc1c[c-]c(-c2nccn2C)cc1.Cc1ccc2ccc3c4cc[c-]c(-c5cc(-c6cc7ccc(C(C)(C)C)cc7cc6C)c(C)cn5)c4oc3c2n1.[Ir]. The molecule has 0 amide bonds. The van der Waals surface area contributed by atoms with E-state index in [0.717, 1.165) is 66.7 Å². The van der Waals surface area contributed by atoms with Gasteiger partial charge < -0.3 is 14.0 Å². The van der Waals surface area contributed by atoms with Gasteiger partial charge >= 0.3 is 0 Å². The van der Waals surface area contributed by atoms with Gasteiger partial charge in [0.1, 0.15) is 11.1 Å². The summed E-state index contributed by atoms with van der Waals surface area (Å²) >= 11 is 0. The van der Waals surface area contributed by atoms with Crippen molar-refractivity contribution in [1.29, 1.82) is 0 Å². The molecule has 4 aromatic heterocycles. The van der Waals surface area contributed by atoms with Crippen LogP contribution >= 0.6 is 0 Å². The van der Waals surface area contributed by atoms with E-state index in [2.05, 4.69) is 125 Å². The standard InChI is InChI=1S/C37H31N2O.C11H11N2.Ir/c1-21-16-26-17-27(37(4,5)6)14-12-25(26)18-31(21)32-19-33(38-20-22(32)2)30-9-7-8-28-29-15-13-24-11-10-23(3)39-34(24)36(29)40-35(28)30;1-9-3-5-10(6-4-9)11-12-7-8-13(11)2;/h7-8,10-20H,1-6H3;3-5,7-8H,1-2H3;/q2*-1;. The molecule has 4 heterocycles. The molecule has 0 N–H and O–H groups in total.